The van der Waals surface area contributed by atoms with Crippen molar-refractivity contribution in [2.24, 2.45) is 0 Å². The van der Waals surface area contributed by atoms with Gasteiger partial charge in [-0.15, -0.1) is 12.4 Å². The van der Waals surface area contributed by atoms with Gasteiger partial charge >= 0.3 is 0 Å². The molecular formula is C22H21Cl2N3. The Morgan fingerprint density at radius 3 is 2.30 bits per heavy atom. The molecule has 0 saturated heterocycles. The summed E-state index contributed by atoms with van der Waals surface area (Å²) in [6.45, 7) is 6.65. The molecule has 27 heavy (non-hydrogen) atoms. The Labute approximate surface area is 170 Å². The molecule has 0 radical (unpaired) electrons. The lowest BCUT2D eigenvalue weighted by molar-refractivity contribution is 0.591. The minimum absolute atomic E-state index is 0. The number of nitrogens with one attached hydrogen (secondary N) is 1. The summed E-state index contributed by atoms with van der Waals surface area (Å²) < 4.78 is 0. The van der Waals surface area contributed by atoms with Crippen LogP contribution in [-0.2, 0) is 5.41 Å². The quantitative estimate of drug-likeness (QED) is 0.410. The molecule has 2 heterocycles. The number of hydrogen-bond donors (Lipinski definition) is 1. The Morgan fingerprint density at radius 1 is 0.926 bits per heavy atom. The number of H-pyrrole nitrogens is 1. The van der Waals surface area contributed by atoms with E-state index in [0.29, 0.717) is 5.02 Å². The van der Waals surface area contributed by atoms with Crippen LogP contribution in [0, 0.1) is 0 Å². The highest BCUT2D eigenvalue weighted by molar-refractivity contribution is 6.33. The lowest BCUT2D eigenvalue weighted by atomic mass is 9.87. The molecule has 0 spiro atoms. The lowest BCUT2D eigenvalue weighted by Crippen LogP contribution is -2.10. The van der Waals surface area contributed by atoms with Crippen molar-refractivity contribution in [3.05, 3.63) is 71.4 Å². The van der Waals surface area contributed by atoms with E-state index in [-0.39, 0.29) is 17.8 Å². The van der Waals surface area contributed by atoms with Crippen LogP contribution in [0.2, 0.25) is 5.02 Å². The first-order valence-corrected chi connectivity index (χ1v) is 9.01. The SMILES string of the molecule is CC(C)(C)c1ccc2nc(-c3ccc(-c4ncccc4Cl)cc3)[nH]c2c1.Cl. The number of aromatic nitrogens is 3. The van der Waals surface area contributed by atoms with Crippen LogP contribution in [0.3, 0.4) is 0 Å². The third-order valence-electron chi connectivity index (χ3n) is 4.54. The summed E-state index contributed by atoms with van der Waals surface area (Å²) in [6.07, 6.45) is 1.75. The Balaban J connectivity index is 0.00000210. The van der Waals surface area contributed by atoms with Gasteiger partial charge in [-0.3, -0.25) is 4.98 Å². The van der Waals surface area contributed by atoms with Gasteiger partial charge in [-0.2, -0.15) is 0 Å². The number of fused-ring (bicyclic) bond motifs is 1. The van der Waals surface area contributed by atoms with Crippen LogP contribution in [0.5, 0.6) is 0 Å². The summed E-state index contributed by atoms with van der Waals surface area (Å²) in [7, 11) is 0. The van der Waals surface area contributed by atoms with Crippen molar-refractivity contribution in [1.29, 1.82) is 0 Å². The summed E-state index contributed by atoms with van der Waals surface area (Å²) in [5.41, 5.74) is 6.26. The van der Waals surface area contributed by atoms with Gasteiger partial charge in [0.2, 0.25) is 0 Å². The van der Waals surface area contributed by atoms with E-state index in [9.17, 15) is 0 Å². The van der Waals surface area contributed by atoms with E-state index in [1.165, 1.54) is 5.56 Å². The first kappa shape index (κ1) is 19.4. The zero-order chi connectivity index (χ0) is 18.3. The molecule has 3 nitrogen and oxygen atoms in total. The normalized spacial score (nSPS) is 11.4. The number of benzene rings is 2. The van der Waals surface area contributed by atoms with Gasteiger partial charge in [-0.25, -0.2) is 4.98 Å². The van der Waals surface area contributed by atoms with Crippen LogP contribution in [0.25, 0.3) is 33.7 Å². The minimum atomic E-state index is 0. The largest absolute Gasteiger partial charge is 0.338 e. The van der Waals surface area contributed by atoms with Gasteiger partial charge in [0.25, 0.3) is 0 Å². The Kier molecular flexibility index (Phi) is 5.27. The van der Waals surface area contributed by atoms with Crippen molar-refractivity contribution >= 4 is 35.0 Å². The molecule has 0 unspecified atom stereocenters. The average Bonchev–Trinajstić information content (AvgIpc) is 3.05. The molecule has 138 valence electrons. The van der Waals surface area contributed by atoms with Crippen LogP contribution in [0.1, 0.15) is 26.3 Å². The molecule has 0 amide bonds. The maximum atomic E-state index is 6.24. The van der Waals surface area contributed by atoms with E-state index >= 15 is 0 Å². The Morgan fingerprint density at radius 2 is 1.63 bits per heavy atom. The first-order chi connectivity index (χ1) is 12.4. The number of pyridine rings is 1. The maximum Gasteiger partial charge on any atom is 0.138 e. The summed E-state index contributed by atoms with van der Waals surface area (Å²) >= 11 is 6.24. The second-order valence-electron chi connectivity index (χ2n) is 7.48. The van der Waals surface area contributed by atoms with Gasteiger partial charge in [0.1, 0.15) is 5.82 Å². The van der Waals surface area contributed by atoms with Gasteiger partial charge in [-0.1, -0.05) is 62.7 Å². The highest BCUT2D eigenvalue weighted by Crippen LogP contribution is 2.29. The molecule has 0 aliphatic carbocycles. The van der Waals surface area contributed by atoms with Gasteiger partial charge in [0, 0.05) is 17.3 Å². The van der Waals surface area contributed by atoms with Crippen molar-refractivity contribution in [3.63, 3.8) is 0 Å². The van der Waals surface area contributed by atoms with Crippen molar-refractivity contribution < 1.29 is 0 Å². The van der Waals surface area contributed by atoms with Gasteiger partial charge in [-0.05, 0) is 35.2 Å². The smallest absolute Gasteiger partial charge is 0.138 e. The molecule has 5 heteroatoms. The number of aromatic amines is 1. The molecule has 2 aromatic heterocycles. The van der Waals surface area contributed by atoms with Crippen molar-refractivity contribution in [1.82, 2.24) is 15.0 Å². The average molecular weight is 398 g/mol. The van der Waals surface area contributed by atoms with Gasteiger partial charge in [0.15, 0.2) is 0 Å². The number of hydrogen-bond acceptors (Lipinski definition) is 2. The van der Waals surface area contributed by atoms with E-state index < -0.39 is 0 Å². The number of halogens is 2. The molecule has 0 aliphatic heterocycles. The summed E-state index contributed by atoms with van der Waals surface area (Å²) in [5.74, 6) is 0.865. The topological polar surface area (TPSA) is 41.6 Å². The molecular weight excluding hydrogens is 377 g/mol. The first-order valence-electron chi connectivity index (χ1n) is 8.63. The predicted molar refractivity (Wildman–Crippen MR) is 116 cm³/mol. The van der Waals surface area contributed by atoms with E-state index in [4.69, 9.17) is 16.6 Å². The third-order valence-corrected chi connectivity index (χ3v) is 4.84. The van der Waals surface area contributed by atoms with Crippen LogP contribution in [0.4, 0.5) is 0 Å². The molecule has 0 saturated carbocycles. The second-order valence-corrected chi connectivity index (χ2v) is 7.89. The van der Waals surface area contributed by atoms with Crippen molar-refractivity contribution in [3.8, 4) is 22.6 Å². The fourth-order valence-corrected chi connectivity index (χ4v) is 3.23. The Bertz CT molecular complexity index is 1080. The van der Waals surface area contributed by atoms with Crippen molar-refractivity contribution in [2.45, 2.75) is 26.2 Å². The summed E-state index contributed by atoms with van der Waals surface area (Å²) in [5, 5.41) is 0.652. The van der Waals surface area contributed by atoms with Crippen molar-refractivity contribution in [2.75, 3.05) is 0 Å². The van der Waals surface area contributed by atoms with E-state index in [2.05, 4.69) is 48.9 Å². The highest BCUT2D eigenvalue weighted by Gasteiger charge is 2.15. The number of nitrogens with zero attached hydrogens (tertiary/aromatic N) is 2. The number of imidazole rings is 1. The van der Waals surface area contributed by atoms with Crippen LogP contribution < -0.4 is 0 Å². The molecule has 4 rings (SSSR count). The monoisotopic (exact) mass is 397 g/mol. The molecule has 0 atom stereocenters. The van der Waals surface area contributed by atoms with E-state index in [1.54, 1.807) is 6.20 Å². The molecule has 0 fully saturated rings. The third kappa shape index (κ3) is 3.85. The summed E-state index contributed by atoms with van der Waals surface area (Å²) in [6, 6.07) is 18.2. The van der Waals surface area contributed by atoms with Crippen LogP contribution >= 0.6 is 24.0 Å². The maximum absolute atomic E-state index is 6.24. The van der Waals surface area contributed by atoms with Gasteiger partial charge in [0.05, 0.1) is 21.7 Å². The minimum Gasteiger partial charge on any atom is -0.338 e. The highest BCUT2D eigenvalue weighted by atomic mass is 35.5. The molecule has 0 aliphatic rings. The van der Waals surface area contributed by atoms with Gasteiger partial charge < -0.3 is 4.98 Å². The molecule has 0 bridgehead atoms. The fourth-order valence-electron chi connectivity index (χ4n) is 3.00. The van der Waals surface area contributed by atoms with E-state index in [1.807, 2.05) is 36.4 Å². The standard InChI is InChI=1S/C22H20ClN3.ClH/c1-22(2,3)16-10-11-18-19(13-16)26-21(25-18)15-8-6-14(7-9-15)20-17(23)5-4-12-24-20;/h4-13H,1-3H3,(H,25,26);1H. The fraction of sp³-hybridized carbons (Fsp3) is 0.182. The molecule has 4 aromatic rings. The van der Waals surface area contributed by atoms with Crippen LogP contribution in [0.15, 0.2) is 60.8 Å². The second kappa shape index (κ2) is 7.34. The molecule has 2 aromatic carbocycles. The lowest BCUT2D eigenvalue weighted by Gasteiger charge is -2.18. The number of rotatable bonds is 2. The zero-order valence-electron chi connectivity index (χ0n) is 15.5. The predicted octanol–water partition coefficient (Wildman–Crippen LogP) is 6.66. The van der Waals surface area contributed by atoms with E-state index in [0.717, 1.165) is 33.7 Å². The summed E-state index contributed by atoms with van der Waals surface area (Å²) in [4.78, 5) is 12.5. The molecule has 1 N–H and O–H groups in total. The zero-order valence-corrected chi connectivity index (χ0v) is 17.0. The van der Waals surface area contributed by atoms with Crippen LogP contribution in [-0.4, -0.2) is 15.0 Å². The Hall–Kier alpha value is -2.36.